The fraction of sp³-hybridized carbons (Fsp3) is 0.182. The van der Waals surface area contributed by atoms with Crippen LogP contribution in [0.15, 0.2) is 66.0 Å². The number of carbonyl (C=O) groups is 2. The standard InChI is InChI=1S/C22H21NO4S/c1-3-26-18-12-8-7-11-17(18)23-21(24)19(16-9-5-4-6-10-16)27-22(25)20-15(2)13-14-28-20/h4-14,19H,3H2,1-2H3,(H,23,24)/t19-/m1/s1. The van der Waals surface area contributed by atoms with Crippen LogP contribution in [0.4, 0.5) is 5.69 Å². The van der Waals surface area contributed by atoms with Gasteiger partial charge < -0.3 is 14.8 Å². The monoisotopic (exact) mass is 395 g/mol. The lowest BCUT2D eigenvalue weighted by molar-refractivity contribution is -0.125. The van der Waals surface area contributed by atoms with Gasteiger partial charge in [-0.05, 0) is 43.0 Å². The van der Waals surface area contributed by atoms with Crippen LogP contribution < -0.4 is 10.1 Å². The van der Waals surface area contributed by atoms with Crippen molar-refractivity contribution in [1.29, 1.82) is 0 Å². The first-order valence-corrected chi connectivity index (χ1v) is 9.80. The highest BCUT2D eigenvalue weighted by atomic mass is 32.1. The zero-order valence-electron chi connectivity index (χ0n) is 15.7. The summed E-state index contributed by atoms with van der Waals surface area (Å²) in [6.45, 7) is 4.18. The highest BCUT2D eigenvalue weighted by molar-refractivity contribution is 7.12. The molecule has 1 N–H and O–H groups in total. The third-order valence-corrected chi connectivity index (χ3v) is 5.05. The molecule has 0 aliphatic rings. The molecule has 1 atom stereocenters. The molecule has 0 bridgehead atoms. The third-order valence-electron chi connectivity index (χ3n) is 4.06. The summed E-state index contributed by atoms with van der Waals surface area (Å²) in [7, 11) is 0. The summed E-state index contributed by atoms with van der Waals surface area (Å²) >= 11 is 1.29. The second kappa shape index (κ2) is 9.19. The molecular weight excluding hydrogens is 374 g/mol. The van der Waals surface area contributed by atoms with E-state index >= 15 is 0 Å². The molecule has 1 heterocycles. The Morgan fingerprint density at radius 3 is 2.43 bits per heavy atom. The predicted molar refractivity (Wildman–Crippen MR) is 110 cm³/mol. The Hall–Kier alpha value is -3.12. The Bertz CT molecular complexity index is 952. The van der Waals surface area contributed by atoms with Gasteiger partial charge in [0.1, 0.15) is 10.6 Å². The second-order valence-electron chi connectivity index (χ2n) is 6.05. The van der Waals surface area contributed by atoms with E-state index in [2.05, 4.69) is 5.32 Å². The molecule has 6 heteroatoms. The molecule has 1 aromatic heterocycles. The van der Waals surface area contributed by atoms with Crippen LogP contribution in [0.5, 0.6) is 5.75 Å². The van der Waals surface area contributed by atoms with Crippen molar-refractivity contribution in [3.05, 3.63) is 82.0 Å². The number of nitrogens with one attached hydrogen (secondary N) is 1. The molecule has 5 nitrogen and oxygen atoms in total. The van der Waals surface area contributed by atoms with Gasteiger partial charge in [-0.2, -0.15) is 0 Å². The second-order valence-corrected chi connectivity index (χ2v) is 6.96. The third kappa shape index (κ3) is 4.58. The van der Waals surface area contributed by atoms with Gasteiger partial charge in [0.05, 0.1) is 12.3 Å². The summed E-state index contributed by atoms with van der Waals surface area (Å²) in [4.78, 5) is 26.1. The molecule has 1 amide bonds. The Morgan fingerprint density at radius 2 is 1.75 bits per heavy atom. The summed E-state index contributed by atoms with van der Waals surface area (Å²) in [5.41, 5.74) is 1.94. The molecular formula is C22H21NO4S. The van der Waals surface area contributed by atoms with Crippen molar-refractivity contribution in [2.45, 2.75) is 20.0 Å². The molecule has 144 valence electrons. The number of benzene rings is 2. The van der Waals surface area contributed by atoms with E-state index < -0.39 is 18.0 Å². The van der Waals surface area contributed by atoms with E-state index in [4.69, 9.17) is 9.47 Å². The van der Waals surface area contributed by atoms with Gasteiger partial charge in [-0.25, -0.2) is 4.79 Å². The lowest BCUT2D eigenvalue weighted by Gasteiger charge is -2.19. The summed E-state index contributed by atoms with van der Waals surface area (Å²) in [5, 5.41) is 4.64. The zero-order chi connectivity index (χ0) is 19.9. The van der Waals surface area contributed by atoms with Crippen LogP contribution in [0.3, 0.4) is 0 Å². The van der Waals surface area contributed by atoms with E-state index in [9.17, 15) is 9.59 Å². The van der Waals surface area contributed by atoms with Crippen molar-refractivity contribution < 1.29 is 19.1 Å². The van der Waals surface area contributed by atoms with Gasteiger partial charge in [0.15, 0.2) is 0 Å². The number of esters is 1. The molecule has 0 aliphatic heterocycles. The Balaban J connectivity index is 1.86. The number of hydrogen-bond donors (Lipinski definition) is 1. The van der Waals surface area contributed by atoms with Crippen LogP contribution in [-0.4, -0.2) is 18.5 Å². The fourth-order valence-electron chi connectivity index (χ4n) is 2.69. The fourth-order valence-corrected chi connectivity index (χ4v) is 3.50. The minimum atomic E-state index is -1.08. The first-order chi connectivity index (χ1) is 13.6. The Labute approximate surface area is 167 Å². The lowest BCUT2D eigenvalue weighted by atomic mass is 10.1. The number of aryl methyl sites for hydroxylation is 1. The van der Waals surface area contributed by atoms with Gasteiger partial charge in [0.2, 0.25) is 6.10 Å². The van der Waals surface area contributed by atoms with Crippen LogP contribution in [0.2, 0.25) is 0 Å². The maximum absolute atomic E-state index is 13.0. The molecule has 2 aromatic carbocycles. The van der Waals surface area contributed by atoms with Crippen LogP contribution in [0.1, 0.15) is 33.8 Å². The van der Waals surface area contributed by atoms with Crippen molar-refractivity contribution >= 4 is 28.9 Å². The summed E-state index contributed by atoms with van der Waals surface area (Å²) in [6.07, 6.45) is -1.08. The lowest BCUT2D eigenvalue weighted by Crippen LogP contribution is -2.26. The van der Waals surface area contributed by atoms with E-state index in [-0.39, 0.29) is 0 Å². The van der Waals surface area contributed by atoms with Gasteiger partial charge >= 0.3 is 5.97 Å². The maximum atomic E-state index is 13.0. The van der Waals surface area contributed by atoms with E-state index in [1.54, 1.807) is 42.5 Å². The molecule has 3 aromatic rings. The van der Waals surface area contributed by atoms with Gasteiger partial charge in [-0.15, -0.1) is 11.3 Å². The van der Waals surface area contributed by atoms with Crippen LogP contribution >= 0.6 is 11.3 Å². The van der Waals surface area contributed by atoms with Gasteiger partial charge in [-0.1, -0.05) is 42.5 Å². The number of para-hydroxylation sites is 2. The van der Waals surface area contributed by atoms with Crippen molar-refractivity contribution in [1.82, 2.24) is 0 Å². The number of rotatable bonds is 7. The molecule has 0 saturated heterocycles. The summed E-state index contributed by atoms with van der Waals surface area (Å²) < 4.78 is 11.2. The molecule has 0 unspecified atom stereocenters. The Morgan fingerprint density at radius 1 is 1.04 bits per heavy atom. The quantitative estimate of drug-likeness (QED) is 0.572. The minimum Gasteiger partial charge on any atom is -0.492 e. The maximum Gasteiger partial charge on any atom is 0.349 e. The van der Waals surface area contributed by atoms with E-state index in [1.165, 1.54) is 11.3 Å². The van der Waals surface area contributed by atoms with Crippen molar-refractivity contribution in [3.63, 3.8) is 0 Å². The van der Waals surface area contributed by atoms with E-state index in [0.717, 1.165) is 5.56 Å². The van der Waals surface area contributed by atoms with Crippen LogP contribution in [-0.2, 0) is 9.53 Å². The zero-order valence-corrected chi connectivity index (χ0v) is 16.5. The molecule has 0 fully saturated rings. The number of hydrogen-bond acceptors (Lipinski definition) is 5. The number of thiophene rings is 1. The predicted octanol–water partition coefficient (Wildman–Crippen LogP) is 4.99. The average Bonchev–Trinajstić information content (AvgIpc) is 3.14. The average molecular weight is 395 g/mol. The summed E-state index contributed by atoms with van der Waals surface area (Å²) in [6, 6.07) is 18.0. The highest BCUT2D eigenvalue weighted by Crippen LogP contribution is 2.28. The SMILES string of the molecule is CCOc1ccccc1NC(=O)[C@H](OC(=O)c1sccc1C)c1ccccc1. The minimum absolute atomic E-state index is 0.444. The molecule has 0 aliphatic carbocycles. The highest BCUT2D eigenvalue weighted by Gasteiger charge is 2.27. The molecule has 0 spiro atoms. The van der Waals surface area contributed by atoms with Crippen LogP contribution in [0, 0.1) is 6.92 Å². The van der Waals surface area contributed by atoms with Crippen molar-refractivity contribution in [3.8, 4) is 5.75 Å². The normalized spacial score (nSPS) is 11.5. The number of amides is 1. The summed E-state index contributed by atoms with van der Waals surface area (Å²) in [5.74, 6) is -0.402. The first kappa shape index (κ1) is 19.6. The number of carbonyl (C=O) groups excluding carboxylic acids is 2. The topological polar surface area (TPSA) is 64.6 Å². The van der Waals surface area contributed by atoms with Crippen molar-refractivity contribution in [2.24, 2.45) is 0 Å². The Kier molecular flexibility index (Phi) is 6.45. The first-order valence-electron chi connectivity index (χ1n) is 8.93. The molecule has 28 heavy (non-hydrogen) atoms. The molecule has 3 rings (SSSR count). The molecule has 0 saturated carbocycles. The van der Waals surface area contributed by atoms with Crippen molar-refractivity contribution in [2.75, 3.05) is 11.9 Å². The van der Waals surface area contributed by atoms with Gasteiger partial charge in [-0.3, -0.25) is 4.79 Å². The molecule has 0 radical (unpaired) electrons. The largest absolute Gasteiger partial charge is 0.492 e. The van der Waals surface area contributed by atoms with Crippen LogP contribution in [0.25, 0.3) is 0 Å². The number of ether oxygens (including phenoxy) is 2. The van der Waals surface area contributed by atoms with E-state index in [0.29, 0.717) is 28.5 Å². The van der Waals surface area contributed by atoms with Gasteiger partial charge in [0, 0.05) is 5.56 Å². The van der Waals surface area contributed by atoms with Gasteiger partial charge in [0.25, 0.3) is 5.91 Å². The van der Waals surface area contributed by atoms with E-state index in [1.807, 2.05) is 37.4 Å². The smallest absolute Gasteiger partial charge is 0.349 e. The number of anilines is 1.